The van der Waals surface area contributed by atoms with Crippen molar-refractivity contribution in [1.29, 1.82) is 0 Å². The van der Waals surface area contributed by atoms with Crippen LogP contribution in [0.4, 0.5) is 16.2 Å². The molecule has 0 bridgehead atoms. The number of imide groups is 2. The molecule has 6 heteroatoms. The van der Waals surface area contributed by atoms with Crippen molar-refractivity contribution in [3.63, 3.8) is 0 Å². The quantitative estimate of drug-likeness (QED) is 0.776. The van der Waals surface area contributed by atoms with Gasteiger partial charge in [0.1, 0.15) is 0 Å². The van der Waals surface area contributed by atoms with Gasteiger partial charge >= 0.3 is 6.03 Å². The smallest absolute Gasteiger partial charge is 0.335 e. The Kier molecular flexibility index (Phi) is 4.03. The molecule has 0 saturated carbocycles. The number of fused-ring (bicyclic) bond motifs is 1. The second-order valence-corrected chi connectivity index (χ2v) is 7.87. The highest BCUT2D eigenvalue weighted by molar-refractivity contribution is 6.30. The summed E-state index contributed by atoms with van der Waals surface area (Å²) < 4.78 is 0. The second-order valence-electron chi connectivity index (χ2n) is 7.87. The number of nitrogens with zero attached hydrogens (tertiary/aromatic N) is 2. The zero-order valence-electron chi connectivity index (χ0n) is 16.5. The van der Waals surface area contributed by atoms with Crippen LogP contribution in [0.1, 0.15) is 22.3 Å². The number of barbiturate groups is 1. The Balaban J connectivity index is 1.83. The van der Waals surface area contributed by atoms with Crippen LogP contribution in [-0.4, -0.2) is 31.4 Å². The highest BCUT2D eigenvalue weighted by Crippen LogP contribution is 2.41. The number of carbonyl (C=O) groups is 3. The maximum atomic E-state index is 13.6. The Labute approximate surface area is 164 Å². The summed E-state index contributed by atoms with van der Waals surface area (Å²) in [5.41, 5.74) is 4.02. The third-order valence-corrected chi connectivity index (χ3v) is 5.93. The minimum Gasteiger partial charge on any atom is -0.373 e. The maximum Gasteiger partial charge on any atom is 0.335 e. The van der Waals surface area contributed by atoms with Crippen molar-refractivity contribution in [3.05, 3.63) is 58.7 Å². The summed E-state index contributed by atoms with van der Waals surface area (Å²) in [6, 6.07) is 10.8. The molecular weight excluding hydrogens is 354 g/mol. The van der Waals surface area contributed by atoms with Crippen LogP contribution in [0.3, 0.4) is 0 Å². The van der Waals surface area contributed by atoms with Crippen LogP contribution in [0.15, 0.2) is 36.4 Å². The van der Waals surface area contributed by atoms with Crippen molar-refractivity contribution < 1.29 is 14.4 Å². The van der Waals surface area contributed by atoms with Gasteiger partial charge in [0.25, 0.3) is 5.91 Å². The van der Waals surface area contributed by atoms with Gasteiger partial charge in [0, 0.05) is 19.3 Å². The SMILES string of the molecule is Cc1ccc2c(c1)C[C@@]1(CN2C)C(=O)NC(=O)N(c2cccc(C)c2C)C1=O. The number of rotatable bonds is 1. The average molecular weight is 377 g/mol. The molecule has 1 spiro atoms. The first-order valence-corrected chi connectivity index (χ1v) is 9.31. The Morgan fingerprint density at radius 3 is 2.50 bits per heavy atom. The summed E-state index contributed by atoms with van der Waals surface area (Å²) in [6.07, 6.45) is 0.271. The normalized spacial score (nSPS) is 21.8. The number of anilines is 2. The number of aryl methyl sites for hydroxylation is 2. The fourth-order valence-electron chi connectivity index (χ4n) is 4.27. The molecule has 2 aliphatic heterocycles. The van der Waals surface area contributed by atoms with E-state index in [1.165, 1.54) is 0 Å². The minimum atomic E-state index is -1.33. The van der Waals surface area contributed by atoms with Crippen molar-refractivity contribution in [3.8, 4) is 0 Å². The van der Waals surface area contributed by atoms with Crippen molar-refractivity contribution in [1.82, 2.24) is 5.32 Å². The Morgan fingerprint density at radius 2 is 1.75 bits per heavy atom. The molecule has 4 rings (SSSR count). The molecule has 0 aliphatic carbocycles. The summed E-state index contributed by atoms with van der Waals surface area (Å²) in [4.78, 5) is 42.3. The molecule has 1 atom stereocenters. The van der Waals surface area contributed by atoms with E-state index in [0.29, 0.717) is 5.69 Å². The predicted octanol–water partition coefficient (Wildman–Crippen LogP) is 2.87. The highest BCUT2D eigenvalue weighted by atomic mass is 16.2. The number of hydrogen-bond acceptors (Lipinski definition) is 4. The number of amides is 4. The maximum absolute atomic E-state index is 13.6. The summed E-state index contributed by atoms with van der Waals surface area (Å²) in [6.45, 7) is 6.01. The predicted molar refractivity (Wildman–Crippen MR) is 108 cm³/mol. The molecule has 28 heavy (non-hydrogen) atoms. The molecule has 2 heterocycles. The lowest BCUT2D eigenvalue weighted by atomic mass is 9.74. The molecular formula is C22H23N3O3. The van der Waals surface area contributed by atoms with Crippen LogP contribution < -0.4 is 15.1 Å². The van der Waals surface area contributed by atoms with Gasteiger partial charge in [-0.3, -0.25) is 14.9 Å². The number of urea groups is 1. The van der Waals surface area contributed by atoms with Gasteiger partial charge in [0.05, 0.1) is 5.69 Å². The monoisotopic (exact) mass is 377 g/mol. The van der Waals surface area contributed by atoms with Crippen LogP contribution in [0, 0.1) is 26.2 Å². The molecule has 0 unspecified atom stereocenters. The largest absolute Gasteiger partial charge is 0.373 e. The summed E-state index contributed by atoms with van der Waals surface area (Å²) >= 11 is 0. The zero-order chi connectivity index (χ0) is 20.2. The Bertz CT molecular complexity index is 1030. The van der Waals surface area contributed by atoms with Crippen LogP contribution in [0.5, 0.6) is 0 Å². The Hall–Kier alpha value is -3.15. The molecule has 1 fully saturated rings. The second kappa shape index (κ2) is 6.19. The lowest BCUT2D eigenvalue weighted by Crippen LogP contribution is -2.68. The molecule has 2 aliphatic rings. The van der Waals surface area contributed by atoms with Gasteiger partial charge in [-0.05, 0) is 56.0 Å². The van der Waals surface area contributed by atoms with Crippen LogP contribution in [0.2, 0.25) is 0 Å². The first-order valence-electron chi connectivity index (χ1n) is 9.31. The molecule has 144 valence electrons. The van der Waals surface area contributed by atoms with Crippen molar-refractivity contribution in [2.45, 2.75) is 27.2 Å². The van der Waals surface area contributed by atoms with Gasteiger partial charge in [-0.1, -0.05) is 29.8 Å². The molecule has 6 nitrogen and oxygen atoms in total. The summed E-state index contributed by atoms with van der Waals surface area (Å²) in [5.74, 6) is -0.989. The van der Waals surface area contributed by atoms with Crippen LogP contribution in [0.25, 0.3) is 0 Å². The Morgan fingerprint density at radius 1 is 1.00 bits per heavy atom. The van der Waals surface area contributed by atoms with E-state index in [1.54, 1.807) is 6.07 Å². The lowest BCUT2D eigenvalue weighted by molar-refractivity contribution is -0.142. The van der Waals surface area contributed by atoms with E-state index in [2.05, 4.69) is 5.32 Å². The van der Waals surface area contributed by atoms with E-state index >= 15 is 0 Å². The third-order valence-electron chi connectivity index (χ3n) is 5.93. The molecule has 1 saturated heterocycles. The van der Waals surface area contributed by atoms with E-state index in [4.69, 9.17) is 0 Å². The van der Waals surface area contributed by atoms with E-state index in [-0.39, 0.29) is 13.0 Å². The van der Waals surface area contributed by atoms with Crippen molar-refractivity contribution >= 4 is 29.2 Å². The zero-order valence-corrected chi connectivity index (χ0v) is 16.5. The first-order chi connectivity index (χ1) is 13.2. The van der Waals surface area contributed by atoms with Gasteiger partial charge in [0.2, 0.25) is 5.91 Å². The van der Waals surface area contributed by atoms with Gasteiger partial charge in [-0.2, -0.15) is 0 Å². The van der Waals surface area contributed by atoms with E-state index in [9.17, 15) is 14.4 Å². The topological polar surface area (TPSA) is 69.7 Å². The number of benzene rings is 2. The third kappa shape index (κ3) is 2.52. The minimum absolute atomic E-state index is 0.225. The number of nitrogens with one attached hydrogen (secondary N) is 1. The fourth-order valence-corrected chi connectivity index (χ4v) is 4.27. The summed E-state index contributed by atoms with van der Waals surface area (Å²) in [7, 11) is 1.87. The lowest BCUT2D eigenvalue weighted by Gasteiger charge is -2.45. The van der Waals surface area contributed by atoms with Gasteiger partial charge in [0.15, 0.2) is 5.41 Å². The van der Waals surface area contributed by atoms with Crippen LogP contribution in [-0.2, 0) is 16.0 Å². The van der Waals surface area contributed by atoms with E-state index in [1.807, 2.05) is 63.1 Å². The summed E-state index contributed by atoms with van der Waals surface area (Å²) in [5, 5.41) is 2.43. The molecule has 2 aromatic rings. The van der Waals surface area contributed by atoms with Gasteiger partial charge in [-0.25, -0.2) is 9.69 Å². The van der Waals surface area contributed by atoms with Crippen molar-refractivity contribution in [2.24, 2.45) is 5.41 Å². The molecule has 0 radical (unpaired) electrons. The molecule has 1 N–H and O–H groups in total. The number of carbonyl (C=O) groups excluding carboxylic acids is 3. The van der Waals surface area contributed by atoms with Crippen molar-refractivity contribution in [2.75, 3.05) is 23.4 Å². The molecule has 0 aromatic heterocycles. The van der Waals surface area contributed by atoms with Gasteiger partial charge < -0.3 is 4.90 Å². The fraction of sp³-hybridized carbons (Fsp3) is 0.318. The standard InChI is InChI=1S/C22H23N3O3/c1-13-8-9-18-16(10-13)11-22(12-24(18)4)19(26)23-21(28)25(20(22)27)17-7-5-6-14(2)15(17)3/h5-10H,11-12H2,1-4H3,(H,23,26,28)/t22-/m1/s1. The molecule has 4 amide bonds. The first kappa shape index (κ1) is 18.2. The van der Waals surface area contributed by atoms with Gasteiger partial charge in [-0.15, -0.1) is 0 Å². The highest BCUT2D eigenvalue weighted by Gasteiger charge is 2.56. The van der Waals surface area contributed by atoms with E-state index in [0.717, 1.165) is 32.8 Å². The average Bonchev–Trinajstić information content (AvgIpc) is 2.63. The van der Waals surface area contributed by atoms with E-state index < -0.39 is 23.3 Å². The molecule has 2 aromatic carbocycles. The van der Waals surface area contributed by atoms with Crippen LogP contribution >= 0.6 is 0 Å². The number of hydrogen-bond donors (Lipinski definition) is 1.